The third kappa shape index (κ3) is 6.74. The molecule has 0 saturated carbocycles. The van der Waals surface area contributed by atoms with Crippen LogP contribution in [0.15, 0.2) is 48.5 Å². The number of phenols is 1. The van der Waals surface area contributed by atoms with Crippen LogP contribution in [0.2, 0.25) is 0 Å². The standard InChI is InChI=1S/C40H49N9O4/c50-36-4-2-1-3-32(36)33-22-35-38(44-43-33)41-23-30-25-46(19-20-48(30)35)18-17-45-13-11-29(12-14-45)47-15-9-26(10-16-47)27-5-6-31-28(21-27)24-49(40(31)53)34-7-8-37(51)42-39(34)52/h1-6,21-22,26,29-30,34,50H,7-20,23-25H2,(H,41,44)(H,42,51,52)/t30-,34?/m0/s1. The number of hydrogen-bond donors (Lipinski definition) is 3. The van der Waals surface area contributed by atoms with Crippen LogP contribution in [0.3, 0.4) is 0 Å². The highest BCUT2D eigenvalue weighted by Crippen LogP contribution is 2.37. The number of carbonyl (C=O) groups is 3. The summed E-state index contributed by atoms with van der Waals surface area (Å²) in [5.74, 6) is 0.800. The van der Waals surface area contributed by atoms with Crippen LogP contribution in [-0.2, 0) is 16.1 Å². The van der Waals surface area contributed by atoms with E-state index in [2.05, 4.69) is 58.6 Å². The van der Waals surface area contributed by atoms with Crippen molar-refractivity contribution >= 4 is 29.2 Å². The van der Waals surface area contributed by atoms with Gasteiger partial charge in [0, 0.05) is 69.4 Å². The quantitative estimate of drug-likeness (QED) is 0.311. The number of para-hydroxylation sites is 1. The van der Waals surface area contributed by atoms with E-state index in [0.717, 1.165) is 95.4 Å². The van der Waals surface area contributed by atoms with E-state index in [0.29, 0.717) is 47.8 Å². The van der Waals surface area contributed by atoms with Crippen molar-refractivity contribution < 1.29 is 19.5 Å². The molecule has 3 aromatic rings. The predicted molar refractivity (Wildman–Crippen MR) is 201 cm³/mol. The Labute approximate surface area is 310 Å². The summed E-state index contributed by atoms with van der Waals surface area (Å²) in [5, 5.41) is 25.1. The van der Waals surface area contributed by atoms with Gasteiger partial charge in [-0.1, -0.05) is 24.3 Å². The summed E-state index contributed by atoms with van der Waals surface area (Å²) in [6.45, 7) is 11.0. The average molecular weight is 720 g/mol. The predicted octanol–water partition coefficient (Wildman–Crippen LogP) is 2.87. The van der Waals surface area contributed by atoms with Crippen LogP contribution in [-0.4, -0.2) is 136 Å². The van der Waals surface area contributed by atoms with E-state index in [-0.39, 0.29) is 29.9 Å². The Morgan fingerprint density at radius 1 is 0.774 bits per heavy atom. The number of aromatic hydroxyl groups is 1. The van der Waals surface area contributed by atoms with E-state index in [9.17, 15) is 19.5 Å². The Balaban J connectivity index is 0.722. The fourth-order valence-electron chi connectivity index (χ4n) is 9.61. The Hall–Kier alpha value is -4.59. The SMILES string of the molecule is O=C1CCC(N2Cc3cc(C4CCN(C5CCN(CCN6CCN7c8cc(-c9ccccc9O)nnc8NC[C@H]7C6)CC5)CC4)ccc3C2=O)C(=O)N1. The minimum atomic E-state index is -0.571. The Morgan fingerprint density at radius 3 is 2.40 bits per heavy atom. The van der Waals surface area contributed by atoms with Crippen molar-refractivity contribution in [2.75, 3.05) is 75.7 Å². The first-order chi connectivity index (χ1) is 25.9. The van der Waals surface area contributed by atoms with Crippen molar-refractivity contribution in [2.24, 2.45) is 0 Å². The van der Waals surface area contributed by atoms with Crippen molar-refractivity contribution in [3.8, 4) is 17.0 Å². The van der Waals surface area contributed by atoms with Gasteiger partial charge in [-0.3, -0.25) is 24.6 Å². The van der Waals surface area contributed by atoms with Gasteiger partial charge in [-0.2, -0.15) is 0 Å². The Morgan fingerprint density at radius 2 is 1.58 bits per heavy atom. The number of piperazine rings is 1. The molecule has 3 N–H and O–H groups in total. The van der Waals surface area contributed by atoms with E-state index in [4.69, 9.17) is 0 Å². The number of benzene rings is 2. The second-order valence-electron chi connectivity index (χ2n) is 15.7. The maximum atomic E-state index is 13.2. The number of hydrogen-bond acceptors (Lipinski definition) is 11. The van der Waals surface area contributed by atoms with Gasteiger partial charge >= 0.3 is 0 Å². The molecule has 278 valence electrons. The second kappa shape index (κ2) is 14.3. The van der Waals surface area contributed by atoms with E-state index < -0.39 is 6.04 Å². The number of anilines is 2. The monoisotopic (exact) mass is 719 g/mol. The first-order valence-electron chi connectivity index (χ1n) is 19.5. The van der Waals surface area contributed by atoms with Crippen LogP contribution < -0.4 is 15.5 Å². The lowest BCUT2D eigenvalue weighted by molar-refractivity contribution is -0.136. The van der Waals surface area contributed by atoms with Gasteiger partial charge < -0.3 is 30.0 Å². The lowest BCUT2D eigenvalue weighted by Crippen LogP contribution is -2.58. The number of nitrogens with zero attached hydrogens (tertiary/aromatic N) is 7. The molecule has 4 fully saturated rings. The summed E-state index contributed by atoms with van der Waals surface area (Å²) in [6, 6.07) is 16.1. The lowest BCUT2D eigenvalue weighted by atomic mass is 9.86. The normalized spacial score (nSPS) is 24.8. The Kier molecular flexibility index (Phi) is 9.25. The van der Waals surface area contributed by atoms with Gasteiger partial charge in [-0.05, 0) is 99.6 Å². The molecule has 1 unspecified atom stereocenters. The molecule has 0 bridgehead atoms. The summed E-state index contributed by atoms with van der Waals surface area (Å²) in [6.07, 6.45) is 5.35. The zero-order valence-electron chi connectivity index (χ0n) is 30.3. The van der Waals surface area contributed by atoms with E-state index in [1.165, 1.54) is 18.4 Å². The largest absolute Gasteiger partial charge is 0.507 e. The fourth-order valence-corrected chi connectivity index (χ4v) is 9.61. The first kappa shape index (κ1) is 34.2. The lowest BCUT2D eigenvalue weighted by Gasteiger charge is -2.46. The van der Waals surface area contributed by atoms with E-state index in [1.807, 2.05) is 24.3 Å². The van der Waals surface area contributed by atoms with Gasteiger partial charge in [0.1, 0.15) is 11.8 Å². The minimum absolute atomic E-state index is 0.103. The third-order valence-electron chi connectivity index (χ3n) is 12.7. The number of piperidine rings is 3. The summed E-state index contributed by atoms with van der Waals surface area (Å²) in [5.41, 5.74) is 5.47. The fraction of sp³-hybridized carbons (Fsp3) is 0.525. The van der Waals surface area contributed by atoms with Crippen molar-refractivity contribution in [1.82, 2.24) is 35.1 Å². The molecule has 0 spiro atoms. The van der Waals surface area contributed by atoms with Crippen LogP contribution >= 0.6 is 0 Å². The third-order valence-corrected chi connectivity index (χ3v) is 12.7. The zero-order valence-corrected chi connectivity index (χ0v) is 30.3. The van der Waals surface area contributed by atoms with Crippen LogP contribution in [0.1, 0.15) is 65.9 Å². The van der Waals surface area contributed by atoms with E-state index >= 15 is 0 Å². The molecule has 6 aliphatic rings. The highest BCUT2D eigenvalue weighted by Gasteiger charge is 2.40. The number of likely N-dealkylation sites (tertiary alicyclic amines) is 2. The molecule has 9 rings (SSSR count). The number of imide groups is 1. The first-order valence-corrected chi connectivity index (χ1v) is 19.5. The number of aromatic nitrogens is 2. The smallest absolute Gasteiger partial charge is 0.255 e. The van der Waals surface area contributed by atoms with Crippen LogP contribution in [0.5, 0.6) is 5.75 Å². The van der Waals surface area contributed by atoms with Gasteiger partial charge in [0.2, 0.25) is 11.8 Å². The highest BCUT2D eigenvalue weighted by molar-refractivity contribution is 6.05. The molecule has 53 heavy (non-hydrogen) atoms. The molecular weight excluding hydrogens is 670 g/mol. The molecule has 0 radical (unpaired) electrons. The summed E-state index contributed by atoms with van der Waals surface area (Å²) in [4.78, 5) is 49.3. The maximum absolute atomic E-state index is 13.2. The number of fused-ring (bicyclic) bond motifs is 4. The molecule has 2 atom stereocenters. The van der Waals surface area contributed by atoms with Gasteiger partial charge in [0.25, 0.3) is 5.91 Å². The molecule has 4 saturated heterocycles. The van der Waals surface area contributed by atoms with Crippen molar-refractivity contribution in [2.45, 2.75) is 69.1 Å². The number of nitrogens with one attached hydrogen (secondary N) is 2. The molecule has 6 aliphatic heterocycles. The molecule has 13 nitrogen and oxygen atoms in total. The van der Waals surface area contributed by atoms with Crippen molar-refractivity contribution in [1.29, 1.82) is 0 Å². The molecule has 13 heteroatoms. The second-order valence-corrected chi connectivity index (χ2v) is 15.7. The average Bonchev–Trinajstić information content (AvgIpc) is 3.52. The molecule has 3 amide bonds. The van der Waals surface area contributed by atoms with Gasteiger partial charge in [0.15, 0.2) is 5.82 Å². The molecule has 2 aromatic carbocycles. The maximum Gasteiger partial charge on any atom is 0.255 e. The van der Waals surface area contributed by atoms with Gasteiger partial charge in [0.05, 0.1) is 17.4 Å². The molecule has 0 aliphatic carbocycles. The summed E-state index contributed by atoms with van der Waals surface area (Å²) in [7, 11) is 0. The van der Waals surface area contributed by atoms with Gasteiger partial charge in [-0.15, -0.1) is 10.2 Å². The van der Waals surface area contributed by atoms with Crippen molar-refractivity contribution in [3.63, 3.8) is 0 Å². The summed E-state index contributed by atoms with van der Waals surface area (Å²) < 4.78 is 0. The van der Waals surface area contributed by atoms with E-state index in [1.54, 1.807) is 11.0 Å². The minimum Gasteiger partial charge on any atom is -0.507 e. The number of rotatable bonds is 7. The molecular formula is C40H49N9O4. The molecule has 1 aromatic heterocycles. The van der Waals surface area contributed by atoms with Crippen LogP contribution in [0.4, 0.5) is 11.5 Å². The Bertz CT molecular complexity index is 1890. The van der Waals surface area contributed by atoms with Crippen molar-refractivity contribution in [3.05, 3.63) is 65.2 Å². The zero-order chi connectivity index (χ0) is 36.1. The number of amides is 3. The number of phenolic OH excluding ortho intramolecular Hbond substituents is 1. The molecule has 7 heterocycles. The summed E-state index contributed by atoms with van der Waals surface area (Å²) >= 11 is 0. The van der Waals surface area contributed by atoms with Crippen LogP contribution in [0.25, 0.3) is 11.3 Å². The highest BCUT2D eigenvalue weighted by atomic mass is 16.3. The van der Waals surface area contributed by atoms with Crippen LogP contribution in [0, 0.1) is 0 Å². The topological polar surface area (TPSA) is 137 Å². The van der Waals surface area contributed by atoms with Gasteiger partial charge in [-0.25, -0.2) is 0 Å². The number of carbonyl (C=O) groups excluding carboxylic acids is 3.